The molecule has 7 fully saturated rings. The van der Waals surface area contributed by atoms with Gasteiger partial charge in [0.05, 0.1) is 29.2 Å². The smallest absolute Gasteiger partial charge is 0.240 e. The molecule has 10 aliphatic rings. The summed E-state index contributed by atoms with van der Waals surface area (Å²) in [5.41, 5.74) is -5.44. The van der Waals surface area contributed by atoms with Crippen molar-refractivity contribution >= 4 is 11.7 Å². The zero-order valence-corrected chi connectivity index (χ0v) is 38.9. The second-order valence-corrected chi connectivity index (χ2v) is 23.1. The Kier molecular flexibility index (Phi) is 10.5. The van der Waals surface area contributed by atoms with Gasteiger partial charge in [0.25, 0.3) is 0 Å². The van der Waals surface area contributed by atoms with Crippen LogP contribution in [0, 0.1) is 63.1 Å². The second-order valence-electron chi connectivity index (χ2n) is 23.1. The number of benzene rings is 1. The van der Waals surface area contributed by atoms with Crippen molar-refractivity contribution < 1.29 is 59.5 Å². The predicted molar refractivity (Wildman–Crippen MR) is 238 cm³/mol. The summed E-state index contributed by atoms with van der Waals surface area (Å²) in [6.45, 7) is 6.52. The van der Waals surface area contributed by atoms with E-state index in [9.17, 15) is 35.7 Å². The maximum absolute atomic E-state index is 15.2. The van der Waals surface area contributed by atoms with Gasteiger partial charge in [-0.3, -0.25) is 14.9 Å². The van der Waals surface area contributed by atoms with E-state index < -0.39 is 99.3 Å². The van der Waals surface area contributed by atoms with Crippen LogP contribution in [0.15, 0.2) is 35.4 Å². The van der Waals surface area contributed by atoms with Crippen molar-refractivity contribution in [1.29, 1.82) is 0 Å². The maximum Gasteiger partial charge on any atom is 0.240 e. The van der Waals surface area contributed by atoms with Crippen LogP contribution in [0.2, 0.25) is 0 Å². The zero-order valence-electron chi connectivity index (χ0n) is 38.9. The highest BCUT2D eigenvalue weighted by molar-refractivity contribution is 6.01. The lowest BCUT2D eigenvalue weighted by Gasteiger charge is -2.67. The Hall–Kier alpha value is -2.94. The molecule has 18 atom stereocenters. The molecule has 8 N–H and O–H groups in total. The number of hydrogen-bond donors (Lipinski definition) is 8. The monoisotopic (exact) mass is 914 g/mol. The van der Waals surface area contributed by atoms with Crippen molar-refractivity contribution in [3.05, 3.63) is 41.0 Å². The van der Waals surface area contributed by atoms with Crippen molar-refractivity contribution in [2.45, 2.75) is 164 Å². The first-order valence-corrected chi connectivity index (χ1v) is 24.9. The molecule has 7 bridgehead atoms. The van der Waals surface area contributed by atoms with Gasteiger partial charge in [-0.15, -0.1) is 5.92 Å². The zero-order chi connectivity index (χ0) is 46.6. The van der Waals surface area contributed by atoms with E-state index in [1.807, 2.05) is 13.0 Å². The minimum Gasteiger partial charge on any atom is -0.508 e. The minimum atomic E-state index is -3.03. The van der Waals surface area contributed by atoms with E-state index in [2.05, 4.69) is 24.1 Å². The fourth-order valence-corrected chi connectivity index (χ4v) is 17.1. The molecule has 14 heteroatoms. The number of rotatable bonds is 7. The van der Waals surface area contributed by atoms with Gasteiger partial charge in [0.1, 0.15) is 29.8 Å². The molecule has 1 spiro atoms. The Morgan fingerprint density at radius 2 is 1.79 bits per heavy atom. The van der Waals surface area contributed by atoms with Crippen molar-refractivity contribution in [3.63, 3.8) is 0 Å². The van der Waals surface area contributed by atoms with E-state index in [0.29, 0.717) is 95.1 Å². The number of hydrogen-bond acceptors (Lipinski definition) is 13. The van der Waals surface area contributed by atoms with Gasteiger partial charge in [-0.25, -0.2) is 0 Å². The molecule has 18 unspecified atom stereocenters. The largest absolute Gasteiger partial charge is 0.508 e. The molecule has 0 radical (unpaired) electrons. The van der Waals surface area contributed by atoms with E-state index in [4.69, 9.17) is 14.2 Å². The summed E-state index contributed by atoms with van der Waals surface area (Å²) in [4.78, 5) is 32.1. The van der Waals surface area contributed by atoms with Crippen LogP contribution in [0.3, 0.4) is 0 Å². The van der Waals surface area contributed by atoms with Gasteiger partial charge in [-0.1, -0.05) is 31.9 Å². The van der Waals surface area contributed by atoms with Gasteiger partial charge < -0.3 is 54.9 Å². The number of fused-ring (bicyclic) bond motifs is 3. The SMILES string of the molecule is COCCCOC1CCC2(C)C(C1)C(=O)C1=C3C24C#CCC2CN2C(=O)C2NC(O)C5OC(C(CO)C5C25CCC(c2cccc(O)c2)C5)C(O)(O)C(C)(O)C2CC(CC1)C3(O)C2(C)CC4. The number of carbonyl (C=O) groups is 2. The summed E-state index contributed by atoms with van der Waals surface area (Å²) in [7, 11) is 1.67. The number of phenols is 1. The van der Waals surface area contributed by atoms with Crippen molar-refractivity contribution in [3.8, 4) is 17.6 Å². The van der Waals surface area contributed by atoms with E-state index in [1.165, 1.54) is 6.92 Å². The molecule has 3 saturated heterocycles. The highest BCUT2D eigenvalue weighted by Gasteiger charge is 2.80. The Labute approximate surface area is 387 Å². The molecule has 14 nitrogen and oxygen atoms in total. The van der Waals surface area contributed by atoms with Crippen LogP contribution in [0.25, 0.3) is 0 Å². The van der Waals surface area contributed by atoms with Crippen LogP contribution in [-0.2, 0) is 23.8 Å². The molecule has 1 aromatic rings. The van der Waals surface area contributed by atoms with Gasteiger partial charge in [-0.2, -0.15) is 0 Å². The van der Waals surface area contributed by atoms with Crippen LogP contribution in [0.4, 0.5) is 0 Å². The molecule has 4 saturated carbocycles. The Bertz CT molecular complexity index is 2270. The number of aliphatic hydroxyl groups excluding tert-OH is 2. The summed E-state index contributed by atoms with van der Waals surface area (Å²) in [5.74, 6) is 0.760. The number of nitrogens with zero attached hydrogens (tertiary/aromatic N) is 1. The average Bonchev–Trinajstić information content (AvgIpc) is 3.60. The van der Waals surface area contributed by atoms with Crippen molar-refractivity contribution in [2.24, 2.45) is 51.2 Å². The molecule has 360 valence electrons. The molecule has 4 aliphatic heterocycles. The van der Waals surface area contributed by atoms with Crippen LogP contribution in [0.1, 0.15) is 116 Å². The van der Waals surface area contributed by atoms with Gasteiger partial charge in [0, 0.05) is 74.4 Å². The Morgan fingerprint density at radius 1 is 0.985 bits per heavy atom. The molecule has 1 aromatic carbocycles. The summed E-state index contributed by atoms with van der Waals surface area (Å²) < 4.78 is 18.3. The molecule has 6 aliphatic carbocycles. The minimum absolute atomic E-state index is 0.0334. The summed E-state index contributed by atoms with van der Waals surface area (Å²) in [5, 5.41) is 90.0. The molecular weight excluding hydrogens is 845 g/mol. The van der Waals surface area contributed by atoms with E-state index in [0.717, 1.165) is 18.4 Å². The summed E-state index contributed by atoms with van der Waals surface area (Å²) >= 11 is 0. The van der Waals surface area contributed by atoms with E-state index in [-0.39, 0.29) is 41.9 Å². The number of nitrogens with one attached hydrogen (secondary N) is 1. The number of ketones is 1. The average molecular weight is 915 g/mol. The Balaban J connectivity index is 1.05. The second kappa shape index (κ2) is 15.3. The standard InChI is InChI=1S/C52H70N2O12/c1-46-16-14-33(65-21-7-20-64-4)24-36(46)39(57)34-12-11-30-23-37-47(2)18-19-50(46,41(34)51(30,47)61)15-6-9-31-26-54(31)45(59)42-49(17-13-29(25-49)28-8-5-10-32(56)22-28)38-35(27-55)43(52(62,63)48(37,3)60)66-40(38)44(58)53-42/h5,8,10,22,29-31,33,35-38,40,42-44,53,55-56,58,60-63H,7,9,11-14,16-21,23-27H2,1-4H3. The fraction of sp³-hybridized carbons (Fsp3) is 0.769. The number of allylic oxidation sites excluding steroid dienone is 1. The van der Waals surface area contributed by atoms with Gasteiger partial charge >= 0.3 is 0 Å². The molecular formula is C52H70N2O12. The first-order valence-electron chi connectivity index (χ1n) is 24.9. The van der Waals surface area contributed by atoms with Gasteiger partial charge in [0.15, 0.2) is 5.78 Å². The third kappa shape index (κ3) is 5.85. The van der Waals surface area contributed by atoms with Gasteiger partial charge in [0.2, 0.25) is 11.7 Å². The third-order valence-corrected chi connectivity index (χ3v) is 20.5. The van der Waals surface area contributed by atoms with Crippen LogP contribution in [0.5, 0.6) is 5.75 Å². The number of aromatic hydroxyl groups is 1. The van der Waals surface area contributed by atoms with E-state index in [1.54, 1.807) is 30.2 Å². The number of phenolic OH excluding ortho intramolecular Hbond substituents is 1. The maximum atomic E-state index is 15.2. The lowest BCUT2D eigenvalue weighted by Crippen LogP contribution is -2.71. The number of piperidine rings is 1. The number of Topliss-reactive ketones (excluding diaryl/α,β-unsaturated/α-hetero) is 1. The molecule has 4 heterocycles. The number of ether oxygens (including phenoxy) is 3. The van der Waals surface area contributed by atoms with Crippen LogP contribution < -0.4 is 5.32 Å². The summed E-state index contributed by atoms with van der Waals surface area (Å²) in [6.07, 6.45) is 2.44. The highest BCUT2D eigenvalue weighted by atomic mass is 16.6. The number of amides is 1. The lowest BCUT2D eigenvalue weighted by molar-refractivity contribution is -0.345. The van der Waals surface area contributed by atoms with Crippen LogP contribution in [-0.4, -0.2) is 139 Å². The quantitative estimate of drug-likeness (QED) is 0.0856. The molecule has 66 heavy (non-hydrogen) atoms. The number of aliphatic hydroxyl groups is 6. The number of carbonyl (C=O) groups excluding carboxylic acids is 2. The first-order chi connectivity index (χ1) is 31.3. The van der Waals surface area contributed by atoms with Gasteiger partial charge in [-0.05, 0) is 130 Å². The first kappa shape index (κ1) is 45.5. The van der Waals surface area contributed by atoms with Crippen molar-refractivity contribution in [1.82, 2.24) is 10.2 Å². The Morgan fingerprint density at radius 3 is 2.55 bits per heavy atom. The predicted octanol–water partition coefficient (Wildman–Crippen LogP) is 3.03. The third-order valence-electron chi connectivity index (χ3n) is 20.5. The number of methoxy groups -OCH3 is 1. The highest BCUT2D eigenvalue weighted by Crippen LogP contribution is 2.77. The fourth-order valence-electron chi connectivity index (χ4n) is 17.1. The van der Waals surface area contributed by atoms with E-state index >= 15 is 9.59 Å². The van der Waals surface area contributed by atoms with Crippen LogP contribution >= 0.6 is 0 Å². The molecule has 0 aromatic heterocycles. The van der Waals surface area contributed by atoms with Crippen molar-refractivity contribution in [2.75, 3.05) is 33.5 Å². The lowest BCUT2D eigenvalue weighted by atomic mass is 9.37. The topological polar surface area (TPSA) is 218 Å². The molecule has 11 rings (SSSR count). The molecule has 1 amide bonds. The summed E-state index contributed by atoms with van der Waals surface area (Å²) in [6, 6.07) is 5.96. The normalized spacial score (nSPS) is 49.6.